The first-order valence-electron chi connectivity index (χ1n) is 24.3. The van der Waals surface area contributed by atoms with Crippen molar-refractivity contribution in [3.8, 4) is 11.1 Å². The number of hydrogen-bond acceptors (Lipinski definition) is 12. The number of thioether (sulfide) groups is 1. The van der Waals surface area contributed by atoms with Gasteiger partial charge in [0.05, 0.1) is 37.7 Å². The number of carbonyl (C=O) groups excluding carboxylic acids is 4. The molecular weight excluding hydrogens is 1060 g/mol. The van der Waals surface area contributed by atoms with Gasteiger partial charge < -0.3 is 35.6 Å². The van der Waals surface area contributed by atoms with Gasteiger partial charge in [-0.2, -0.15) is 11.8 Å². The number of carbonyl (C=O) groups is 4. The first-order valence-corrected chi connectivity index (χ1v) is 29.6. The van der Waals surface area contributed by atoms with Crippen LogP contribution in [0.4, 0.5) is 9.18 Å². The summed E-state index contributed by atoms with van der Waals surface area (Å²) in [5.41, 5.74) is 0.0674. The van der Waals surface area contributed by atoms with Crippen LogP contribution < -0.4 is 21.3 Å². The van der Waals surface area contributed by atoms with Crippen molar-refractivity contribution in [2.45, 2.75) is 104 Å². The topological polar surface area (TPSA) is 179 Å². The Morgan fingerprint density at radius 1 is 1.00 bits per heavy atom. The average molecular weight is 1130 g/mol. The molecule has 15 nitrogen and oxygen atoms in total. The van der Waals surface area contributed by atoms with Crippen LogP contribution >= 0.6 is 51.2 Å². The van der Waals surface area contributed by atoms with Gasteiger partial charge in [-0.05, 0) is 80.0 Å². The summed E-state index contributed by atoms with van der Waals surface area (Å²) in [7, 11) is 0.336. The SMILES string of the molecule is C[C@H](/C=C\S(=O)(=O)CCCCCN1CCN(C(=O)COCCOCCNC(=O)CCCCC([Si])[C@@H]2SC[C@@H]3NC(=O)N[C@@H]32)CC1)NC(=O)C1(F)CCN(Sc2ccc(Br)cc2-c2ccccc2Cl)CC1. The van der Waals surface area contributed by atoms with Crippen molar-refractivity contribution in [1.29, 1.82) is 0 Å². The average Bonchev–Trinajstić information content (AvgIpc) is 3.91. The number of nitrogens with one attached hydrogen (secondary N) is 4. The molecule has 0 aromatic heterocycles. The van der Waals surface area contributed by atoms with Crippen molar-refractivity contribution in [3.63, 3.8) is 0 Å². The molecule has 2 aromatic carbocycles. The maximum Gasteiger partial charge on any atom is 0.315 e. The van der Waals surface area contributed by atoms with E-state index in [2.05, 4.69) is 52.3 Å². The second kappa shape index (κ2) is 28.1. The van der Waals surface area contributed by atoms with Crippen LogP contribution in [0.3, 0.4) is 0 Å². The molecule has 4 heterocycles. The maximum atomic E-state index is 15.9. The fraction of sp³-hybridized carbons (Fsp3) is 0.625. The van der Waals surface area contributed by atoms with Gasteiger partial charge in [0.2, 0.25) is 11.8 Å². The fourth-order valence-corrected chi connectivity index (χ4v) is 13.9. The number of rotatable bonds is 27. The lowest BCUT2D eigenvalue weighted by Crippen LogP contribution is -2.51. The molecule has 0 bridgehead atoms. The molecule has 0 spiro atoms. The van der Waals surface area contributed by atoms with Crippen molar-refractivity contribution >= 4 is 95.1 Å². The van der Waals surface area contributed by atoms with Crippen molar-refractivity contribution in [3.05, 3.63) is 63.4 Å². The van der Waals surface area contributed by atoms with Gasteiger partial charge in [0.25, 0.3) is 5.91 Å². The zero-order valence-corrected chi connectivity index (χ0v) is 45.6. The number of fused-ring (bicyclic) bond motifs is 1. The van der Waals surface area contributed by atoms with E-state index in [1.54, 1.807) is 11.8 Å². The molecule has 4 saturated heterocycles. The molecule has 4 aliphatic rings. The lowest BCUT2D eigenvalue weighted by atomic mass is 9.93. The molecule has 22 heteroatoms. The number of piperazine rings is 1. The smallest absolute Gasteiger partial charge is 0.315 e. The van der Waals surface area contributed by atoms with Crippen molar-refractivity contribution < 1.29 is 41.5 Å². The normalized spacial score (nSPS) is 21.5. The summed E-state index contributed by atoms with van der Waals surface area (Å²) in [4.78, 5) is 54.7. The molecule has 0 aliphatic carbocycles. The van der Waals surface area contributed by atoms with E-state index >= 15 is 4.39 Å². The van der Waals surface area contributed by atoms with Crippen LogP contribution in [0.2, 0.25) is 10.6 Å². The Hall–Kier alpha value is -2.73. The van der Waals surface area contributed by atoms with E-state index in [1.807, 2.05) is 58.5 Å². The summed E-state index contributed by atoms with van der Waals surface area (Å²) in [5.74, 6) is 0.0864. The predicted molar refractivity (Wildman–Crippen MR) is 281 cm³/mol. The largest absolute Gasteiger partial charge is 0.377 e. The third-order valence-electron chi connectivity index (χ3n) is 12.9. The minimum Gasteiger partial charge on any atom is -0.377 e. The van der Waals surface area contributed by atoms with Gasteiger partial charge >= 0.3 is 6.03 Å². The number of nitrogens with zero attached hydrogens (tertiary/aromatic N) is 3. The maximum absolute atomic E-state index is 15.9. The molecule has 3 radical (unpaired) electrons. The molecule has 2 aromatic rings. The zero-order valence-electron chi connectivity index (χ0n) is 39.8. The van der Waals surface area contributed by atoms with E-state index in [0.717, 1.165) is 83.4 Å². The second-order valence-corrected chi connectivity index (χ2v) is 24.7. The molecule has 4 aliphatic heterocycles. The van der Waals surface area contributed by atoms with Gasteiger partial charge in [0.15, 0.2) is 15.5 Å². The molecule has 1 unspecified atom stereocenters. The highest BCUT2D eigenvalue weighted by molar-refractivity contribution is 9.10. The summed E-state index contributed by atoms with van der Waals surface area (Å²) in [5, 5.41) is 13.6. The van der Waals surface area contributed by atoms with E-state index < -0.39 is 27.5 Å². The van der Waals surface area contributed by atoms with E-state index in [1.165, 1.54) is 18.0 Å². The van der Waals surface area contributed by atoms with Gasteiger partial charge in [-0.3, -0.25) is 19.3 Å². The van der Waals surface area contributed by atoms with Gasteiger partial charge in [0, 0.05) is 118 Å². The Morgan fingerprint density at radius 3 is 2.53 bits per heavy atom. The van der Waals surface area contributed by atoms with E-state index in [9.17, 15) is 27.6 Å². The van der Waals surface area contributed by atoms with Crippen molar-refractivity contribution in [2.24, 2.45) is 0 Å². The van der Waals surface area contributed by atoms with E-state index in [-0.39, 0.29) is 67.3 Å². The number of unbranched alkanes of at least 4 members (excludes halogenated alkanes) is 3. The number of amides is 5. The molecule has 4 N–H and O–H groups in total. The minimum absolute atomic E-state index is 0.00824. The molecule has 6 rings (SSSR count). The molecule has 0 saturated carbocycles. The highest BCUT2D eigenvalue weighted by atomic mass is 79.9. The predicted octanol–water partition coefficient (Wildman–Crippen LogP) is 6.16. The van der Waals surface area contributed by atoms with Crippen LogP contribution in [0.5, 0.6) is 0 Å². The van der Waals surface area contributed by atoms with E-state index in [0.29, 0.717) is 69.1 Å². The van der Waals surface area contributed by atoms with Crippen LogP contribution in [0.1, 0.15) is 64.7 Å². The summed E-state index contributed by atoms with van der Waals surface area (Å²) in [6.07, 6.45) is 6.56. The highest BCUT2D eigenvalue weighted by Gasteiger charge is 2.45. The van der Waals surface area contributed by atoms with Crippen molar-refractivity contribution in [2.75, 3.05) is 90.3 Å². The molecule has 5 amide bonds. The molecule has 4 fully saturated rings. The first kappa shape index (κ1) is 56.6. The van der Waals surface area contributed by atoms with Crippen LogP contribution in [-0.4, -0.2) is 176 Å². The lowest BCUT2D eigenvalue weighted by Gasteiger charge is -2.35. The third kappa shape index (κ3) is 17.7. The molecule has 5 atom stereocenters. The fourth-order valence-electron chi connectivity index (χ4n) is 8.83. The summed E-state index contributed by atoms with van der Waals surface area (Å²) in [6.45, 7) is 7.15. The number of ether oxygens (including phenoxy) is 2. The van der Waals surface area contributed by atoms with Crippen LogP contribution in [0, 0.1) is 0 Å². The summed E-state index contributed by atoms with van der Waals surface area (Å²) >= 11 is 13.4. The summed E-state index contributed by atoms with van der Waals surface area (Å²) < 4.78 is 55.6. The number of piperidine rings is 1. The van der Waals surface area contributed by atoms with Crippen LogP contribution in [0.25, 0.3) is 11.1 Å². The Bertz CT molecular complexity index is 2210. The zero-order chi connectivity index (χ0) is 50.1. The Labute approximate surface area is 438 Å². The second-order valence-electron chi connectivity index (χ2n) is 18.3. The van der Waals surface area contributed by atoms with Gasteiger partial charge in [-0.25, -0.2) is 21.9 Å². The molecular formula is C48H67BrClFN7O8S3Si. The highest BCUT2D eigenvalue weighted by Crippen LogP contribution is 2.41. The van der Waals surface area contributed by atoms with Crippen molar-refractivity contribution in [1.82, 2.24) is 35.4 Å². The molecule has 70 heavy (non-hydrogen) atoms. The van der Waals surface area contributed by atoms with Crippen LogP contribution in [-0.2, 0) is 33.7 Å². The first-order chi connectivity index (χ1) is 33.6. The monoisotopic (exact) mass is 1130 g/mol. The number of halogens is 3. The third-order valence-corrected chi connectivity index (χ3v) is 18.8. The number of benzene rings is 2. The number of hydrogen-bond donors (Lipinski definition) is 4. The number of alkyl halides is 1. The van der Waals surface area contributed by atoms with Gasteiger partial charge in [-0.15, -0.1) is 0 Å². The summed E-state index contributed by atoms with van der Waals surface area (Å²) in [6, 6.07) is 13.1. The molecule has 385 valence electrons. The number of sulfone groups is 1. The standard InChI is InChI=1S/C48H67BrClFN7O8S3Si/c1-34(53-46(61)48(51)16-20-58(21-17-48)68-40-14-13-35(49)31-37(40)36-9-3-4-10-38(36)50)15-30-69(63,64)29-8-2-7-19-56-22-24-57(25-23-56)43(60)32-66-28-27-65-26-18-52-42(59)12-6-5-11-41(70)45-44-39(33-67-45)54-47(62)55-44/h3-4,9-10,13-15,30-31,34,39,41,44-45H,2,5-8,11-12,16-29,32-33H2,1H3,(H,52,59)(H,53,61)(H2,54,55,62)/b30-15-/t34-,39+,41?,44+,45+/m1/s1. The Kier molecular flexibility index (Phi) is 22.7. The lowest BCUT2D eigenvalue weighted by molar-refractivity contribution is -0.138. The van der Waals surface area contributed by atoms with E-state index in [4.69, 9.17) is 21.1 Å². The Morgan fingerprint density at radius 2 is 1.76 bits per heavy atom. The Balaban J connectivity index is 0.740. The number of urea groups is 1. The quantitative estimate of drug-likeness (QED) is 0.0347. The van der Waals surface area contributed by atoms with Crippen LogP contribution in [0.15, 0.2) is 63.3 Å². The van der Waals surface area contributed by atoms with Gasteiger partial charge in [0.1, 0.15) is 6.61 Å². The minimum atomic E-state index is -3.52. The van der Waals surface area contributed by atoms with Gasteiger partial charge in [-0.1, -0.05) is 71.1 Å².